The van der Waals surface area contributed by atoms with Crippen molar-refractivity contribution in [2.45, 2.75) is 20.0 Å². The van der Waals surface area contributed by atoms with Crippen LogP contribution in [0.5, 0.6) is 5.88 Å². The Morgan fingerprint density at radius 1 is 1.10 bits per heavy atom. The summed E-state index contributed by atoms with van der Waals surface area (Å²) in [4.78, 5) is 30.6. The van der Waals surface area contributed by atoms with Crippen molar-refractivity contribution in [3.63, 3.8) is 0 Å². The summed E-state index contributed by atoms with van der Waals surface area (Å²) in [5.41, 5.74) is -1.84. The minimum absolute atomic E-state index is 0.0517. The lowest BCUT2D eigenvalue weighted by Crippen LogP contribution is -2.32. The highest BCUT2D eigenvalue weighted by atomic mass is 19.4. The van der Waals surface area contributed by atoms with E-state index in [1.807, 2.05) is 6.92 Å². The molecule has 29 heavy (non-hydrogen) atoms. The Balaban J connectivity index is 2.15. The molecule has 1 aromatic heterocycles. The van der Waals surface area contributed by atoms with Gasteiger partial charge in [-0.05, 0) is 44.2 Å². The van der Waals surface area contributed by atoms with Crippen molar-refractivity contribution in [2.24, 2.45) is 4.99 Å². The van der Waals surface area contributed by atoms with Gasteiger partial charge in [-0.1, -0.05) is 23.8 Å². The molecular weight excluding hydrogens is 387 g/mol. The van der Waals surface area contributed by atoms with Crippen LogP contribution < -0.4 is 11.2 Å². The molecule has 0 bridgehead atoms. The normalized spacial score (nSPS) is 12.2. The lowest BCUT2D eigenvalue weighted by Gasteiger charge is -2.12. The molecule has 3 rings (SSSR count). The number of halogens is 3. The maximum atomic E-state index is 12.9. The minimum atomic E-state index is -4.54. The number of aromatic nitrogens is 2. The van der Waals surface area contributed by atoms with E-state index in [9.17, 15) is 27.9 Å². The van der Waals surface area contributed by atoms with Crippen LogP contribution in [-0.4, -0.2) is 20.4 Å². The smallest absolute Gasteiger partial charge is 0.416 e. The molecule has 0 atom stereocenters. The first-order valence-electron chi connectivity index (χ1n) is 8.46. The fraction of sp³-hybridized carbons (Fsp3) is 0.150. The molecule has 9 heteroatoms. The monoisotopic (exact) mass is 403 g/mol. The van der Waals surface area contributed by atoms with Crippen LogP contribution in [0.1, 0.15) is 23.6 Å². The molecule has 1 heterocycles. The molecule has 0 aliphatic rings. The largest absolute Gasteiger partial charge is 0.493 e. The molecule has 2 aromatic carbocycles. The van der Waals surface area contributed by atoms with E-state index in [0.717, 1.165) is 22.3 Å². The van der Waals surface area contributed by atoms with Gasteiger partial charge in [0.2, 0.25) is 5.88 Å². The molecule has 0 spiro atoms. The molecule has 150 valence electrons. The van der Waals surface area contributed by atoms with Gasteiger partial charge in [-0.2, -0.15) is 13.2 Å². The van der Waals surface area contributed by atoms with E-state index in [1.165, 1.54) is 19.1 Å². The highest BCUT2D eigenvalue weighted by molar-refractivity contribution is 6.01. The third-order valence-corrected chi connectivity index (χ3v) is 4.21. The number of hydrogen-bond acceptors (Lipinski definition) is 4. The zero-order chi connectivity index (χ0) is 21.3. The summed E-state index contributed by atoms with van der Waals surface area (Å²) >= 11 is 0. The molecule has 0 saturated carbocycles. The summed E-state index contributed by atoms with van der Waals surface area (Å²) in [6, 6.07) is 10.8. The molecule has 0 aliphatic heterocycles. The second-order valence-electron chi connectivity index (χ2n) is 6.37. The first kappa shape index (κ1) is 20.1. The van der Waals surface area contributed by atoms with E-state index < -0.39 is 28.9 Å². The lowest BCUT2D eigenvalue weighted by molar-refractivity contribution is -0.137. The molecule has 0 radical (unpaired) electrons. The van der Waals surface area contributed by atoms with Crippen molar-refractivity contribution >= 4 is 11.4 Å². The van der Waals surface area contributed by atoms with E-state index in [-0.39, 0.29) is 17.0 Å². The van der Waals surface area contributed by atoms with Crippen LogP contribution in [0.4, 0.5) is 18.9 Å². The van der Waals surface area contributed by atoms with Gasteiger partial charge in [0.05, 0.1) is 22.6 Å². The highest BCUT2D eigenvalue weighted by Crippen LogP contribution is 2.31. The van der Waals surface area contributed by atoms with E-state index in [4.69, 9.17) is 0 Å². The van der Waals surface area contributed by atoms with Crippen molar-refractivity contribution < 1.29 is 18.3 Å². The standard InChI is InChI=1S/C20H16F3N3O3/c1-11-6-8-15(9-7-11)26-18(28)16(17(27)25-19(26)29)12(2)24-14-5-3-4-13(10-14)20(21,22)23/h3-10,28H,1-2H3,(H,25,27,29). The fourth-order valence-electron chi connectivity index (χ4n) is 2.79. The third kappa shape index (κ3) is 4.13. The number of aryl methyl sites for hydroxylation is 1. The van der Waals surface area contributed by atoms with Crippen LogP contribution in [0.2, 0.25) is 0 Å². The number of H-pyrrole nitrogens is 1. The van der Waals surface area contributed by atoms with Gasteiger partial charge in [0.15, 0.2) is 0 Å². The maximum absolute atomic E-state index is 12.9. The van der Waals surface area contributed by atoms with Gasteiger partial charge in [-0.3, -0.25) is 14.8 Å². The number of nitrogens with zero attached hydrogens (tertiary/aromatic N) is 2. The van der Waals surface area contributed by atoms with Crippen LogP contribution in [0.15, 0.2) is 63.1 Å². The Kier molecular flexibility index (Phi) is 5.15. The molecule has 0 amide bonds. The number of nitrogens with one attached hydrogen (secondary N) is 1. The van der Waals surface area contributed by atoms with Crippen LogP contribution in [-0.2, 0) is 6.18 Å². The predicted molar refractivity (Wildman–Crippen MR) is 102 cm³/mol. The van der Waals surface area contributed by atoms with E-state index in [0.29, 0.717) is 5.69 Å². The quantitative estimate of drug-likeness (QED) is 0.654. The minimum Gasteiger partial charge on any atom is -0.493 e. The number of aromatic amines is 1. The summed E-state index contributed by atoms with van der Waals surface area (Å²) in [5.74, 6) is -0.657. The summed E-state index contributed by atoms with van der Waals surface area (Å²) in [6.07, 6.45) is -4.54. The molecule has 0 saturated heterocycles. The van der Waals surface area contributed by atoms with Crippen LogP contribution in [0.25, 0.3) is 5.69 Å². The number of alkyl halides is 3. The van der Waals surface area contributed by atoms with Gasteiger partial charge < -0.3 is 5.11 Å². The number of benzene rings is 2. The Morgan fingerprint density at radius 3 is 2.38 bits per heavy atom. The second-order valence-corrected chi connectivity index (χ2v) is 6.37. The van der Waals surface area contributed by atoms with Crippen LogP contribution in [0.3, 0.4) is 0 Å². The first-order valence-corrected chi connectivity index (χ1v) is 8.46. The van der Waals surface area contributed by atoms with Gasteiger partial charge in [0, 0.05) is 0 Å². The first-order chi connectivity index (χ1) is 13.6. The van der Waals surface area contributed by atoms with Gasteiger partial charge >= 0.3 is 11.9 Å². The summed E-state index contributed by atoms with van der Waals surface area (Å²) in [7, 11) is 0. The summed E-state index contributed by atoms with van der Waals surface area (Å²) in [6.45, 7) is 3.20. The van der Waals surface area contributed by atoms with Crippen molar-refractivity contribution in [1.29, 1.82) is 0 Å². The zero-order valence-electron chi connectivity index (χ0n) is 15.4. The Hall–Kier alpha value is -3.62. The van der Waals surface area contributed by atoms with Gasteiger partial charge in [-0.25, -0.2) is 9.36 Å². The average Bonchev–Trinajstić information content (AvgIpc) is 2.62. The van der Waals surface area contributed by atoms with Gasteiger partial charge in [0.25, 0.3) is 5.56 Å². The zero-order valence-corrected chi connectivity index (χ0v) is 15.4. The van der Waals surface area contributed by atoms with E-state index in [2.05, 4.69) is 9.98 Å². The number of aromatic hydroxyl groups is 1. The second kappa shape index (κ2) is 7.42. The number of hydrogen-bond donors (Lipinski definition) is 2. The Morgan fingerprint density at radius 2 is 1.76 bits per heavy atom. The van der Waals surface area contributed by atoms with E-state index in [1.54, 1.807) is 24.3 Å². The van der Waals surface area contributed by atoms with E-state index >= 15 is 0 Å². The van der Waals surface area contributed by atoms with Crippen molar-refractivity contribution in [2.75, 3.05) is 0 Å². The molecule has 0 aliphatic carbocycles. The molecular formula is C20H16F3N3O3. The number of aliphatic imine (C=N–C) groups is 1. The summed E-state index contributed by atoms with van der Waals surface area (Å²) < 4.78 is 39.6. The lowest BCUT2D eigenvalue weighted by atomic mass is 10.1. The Bertz CT molecular complexity index is 1210. The van der Waals surface area contributed by atoms with Crippen LogP contribution >= 0.6 is 0 Å². The van der Waals surface area contributed by atoms with Gasteiger partial charge in [-0.15, -0.1) is 0 Å². The highest BCUT2D eigenvalue weighted by Gasteiger charge is 2.30. The molecule has 2 N–H and O–H groups in total. The predicted octanol–water partition coefficient (Wildman–Crippen LogP) is 3.70. The van der Waals surface area contributed by atoms with Crippen LogP contribution in [0, 0.1) is 6.92 Å². The fourth-order valence-corrected chi connectivity index (χ4v) is 2.79. The van der Waals surface area contributed by atoms with Gasteiger partial charge in [0.1, 0.15) is 5.56 Å². The summed E-state index contributed by atoms with van der Waals surface area (Å²) in [5, 5.41) is 10.6. The average molecular weight is 403 g/mol. The SMILES string of the molecule is CC(=Nc1cccc(C(F)(F)F)c1)c1c(O)n(-c2ccc(C)cc2)c(=O)[nH]c1=O. The molecule has 3 aromatic rings. The van der Waals surface area contributed by atoms with Crippen molar-refractivity contribution in [3.05, 3.63) is 86.1 Å². The molecule has 0 fully saturated rings. The number of rotatable bonds is 3. The molecule has 6 nitrogen and oxygen atoms in total. The van der Waals surface area contributed by atoms with Crippen molar-refractivity contribution in [3.8, 4) is 11.6 Å². The Labute approximate surface area is 162 Å². The maximum Gasteiger partial charge on any atom is 0.416 e. The topological polar surface area (TPSA) is 87.4 Å². The molecule has 0 unspecified atom stereocenters. The third-order valence-electron chi connectivity index (χ3n) is 4.21. The van der Waals surface area contributed by atoms with Crippen molar-refractivity contribution in [1.82, 2.24) is 9.55 Å².